The van der Waals surface area contributed by atoms with Crippen LogP contribution in [0.15, 0.2) is 59.8 Å². The summed E-state index contributed by atoms with van der Waals surface area (Å²) in [4.78, 5) is 15.2. The quantitative estimate of drug-likeness (QED) is 0.170. The van der Waals surface area contributed by atoms with Crippen molar-refractivity contribution in [2.24, 2.45) is 5.16 Å². The van der Waals surface area contributed by atoms with Gasteiger partial charge in [-0.15, -0.1) is 0 Å². The number of carbonyl (C=O) groups excluding carboxylic acids is 1. The Morgan fingerprint density at radius 2 is 1.63 bits per heavy atom. The molecule has 4 rings (SSSR count). The van der Waals surface area contributed by atoms with E-state index < -0.39 is 6.03 Å². The molecule has 0 saturated carbocycles. The van der Waals surface area contributed by atoms with E-state index in [4.69, 9.17) is 23.7 Å². The lowest BCUT2D eigenvalue weighted by Crippen LogP contribution is -2.38. The SMILES string of the molecule is COc1cc(-c2cc(NC(=O)Nc3ccc(OCCN4CCOCC4)cc3)cc(OC)c2OC)ccc1/C(C)=N/O. The molecule has 0 aromatic heterocycles. The largest absolute Gasteiger partial charge is 0.496 e. The number of rotatable bonds is 11. The van der Waals surface area contributed by atoms with E-state index in [-0.39, 0.29) is 0 Å². The van der Waals surface area contributed by atoms with Crippen LogP contribution in [0.5, 0.6) is 23.0 Å². The van der Waals surface area contributed by atoms with E-state index in [1.54, 1.807) is 50.4 Å². The van der Waals surface area contributed by atoms with Crippen molar-refractivity contribution in [3.05, 3.63) is 60.2 Å². The van der Waals surface area contributed by atoms with Crippen LogP contribution in [0.1, 0.15) is 12.5 Å². The van der Waals surface area contributed by atoms with Crippen molar-refractivity contribution >= 4 is 23.1 Å². The van der Waals surface area contributed by atoms with Crippen LogP contribution in [-0.2, 0) is 4.74 Å². The Kier molecular flexibility index (Phi) is 10.2. The lowest BCUT2D eigenvalue weighted by atomic mass is 9.99. The minimum Gasteiger partial charge on any atom is -0.496 e. The van der Waals surface area contributed by atoms with Crippen molar-refractivity contribution in [2.75, 3.05) is 71.4 Å². The first kappa shape index (κ1) is 29.5. The number of methoxy groups -OCH3 is 3. The van der Waals surface area contributed by atoms with Gasteiger partial charge in [0, 0.05) is 48.2 Å². The zero-order valence-corrected chi connectivity index (χ0v) is 23.7. The molecule has 0 atom stereocenters. The summed E-state index contributed by atoms with van der Waals surface area (Å²) in [6.45, 7) is 6.46. The highest BCUT2D eigenvalue weighted by Gasteiger charge is 2.18. The summed E-state index contributed by atoms with van der Waals surface area (Å²) in [5, 5.41) is 18.2. The Bertz CT molecular complexity index is 1360. The van der Waals surface area contributed by atoms with Gasteiger partial charge in [0.25, 0.3) is 0 Å². The Morgan fingerprint density at radius 3 is 2.29 bits per heavy atom. The summed E-state index contributed by atoms with van der Waals surface area (Å²) in [7, 11) is 4.61. The Labute approximate surface area is 239 Å². The molecule has 11 heteroatoms. The lowest BCUT2D eigenvalue weighted by Gasteiger charge is -2.26. The van der Waals surface area contributed by atoms with Gasteiger partial charge in [-0.25, -0.2) is 4.79 Å². The molecular formula is C30H36N4O7. The van der Waals surface area contributed by atoms with Gasteiger partial charge in [0.1, 0.15) is 18.1 Å². The minimum absolute atomic E-state index is 0.414. The van der Waals surface area contributed by atoms with Crippen molar-refractivity contribution in [3.8, 4) is 34.1 Å². The van der Waals surface area contributed by atoms with Crippen LogP contribution in [0.3, 0.4) is 0 Å². The van der Waals surface area contributed by atoms with Crippen LogP contribution in [0.25, 0.3) is 11.1 Å². The van der Waals surface area contributed by atoms with E-state index in [0.717, 1.165) is 44.2 Å². The maximum absolute atomic E-state index is 12.9. The molecule has 0 aliphatic carbocycles. The molecule has 0 unspecified atom stereocenters. The van der Waals surface area contributed by atoms with Gasteiger partial charge in [-0.3, -0.25) is 4.90 Å². The van der Waals surface area contributed by atoms with Crippen LogP contribution in [0, 0.1) is 0 Å². The number of benzene rings is 3. The average Bonchev–Trinajstić information content (AvgIpc) is 3.01. The molecule has 1 aliphatic heterocycles. The fraction of sp³-hybridized carbons (Fsp3) is 0.333. The van der Waals surface area contributed by atoms with Crippen LogP contribution in [0.2, 0.25) is 0 Å². The maximum atomic E-state index is 12.9. The number of anilines is 2. The fourth-order valence-corrected chi connectivity index (χ4v) is 4.51. The van der Waals surface area contributed by atoms with Gasteiger partial charge in [-0.05, 0) is 55.0 Å². The number of nitrogens with one attached hydrogen (secondary N) is 2. The highest BCUT2D eigenvalue weighted by atomic mass is 16.5. The zero-order valence-electron chi connectivity index (χ0n) is 23.7. The second-order valence-electron chi connectivity index (χ2n) is 9.27. The van der Waals surface area contributed by atoms with E-state index in [2.05, 4.69) is 20.7 Å². The summed E-state index contributed by atoms with van der Waals surface area (Å²) in [6.07, 6.45) is 0. The zero-order chi connectivity index (χ0) is 29.2. The Balaban J connectivity index is 1.45. The van der Waals surface area contributed by atoms with E-state index >= 15 is 0 Å². The molecule has 0 spiro atoms. The first-order valence-corrected chi connectivity index (χ1v) is 13.2. The van der Waals surface area contributed by atoms with Crippen molar-refractivity contribution in [1.29, 1.82) is 0 Å². The smallest absolute Gasteiger partial charge is 0.323 e. The summed E-state index contributed by atoms with van der Waals surface area (Å²) in [5.74, 6) is 2.18. The summed E-state index contributed by atoms with van der Waals surface area (Å²) in [6, 6.07) is 15.7. The first-order valence-electron chi connectivity index (χ1n) is 13.2. The van der Waals surface area contributed by atoms with Crippen molar-refractivity contribution < 1.29 is 33.7 Å². The number of carbonyl (C=O) groups is 1. The van der Waals surface area contributed by atoms with Crippen LogP contribution >= 0.6 is 0 Å². The first-order chi connectivity index (χ1) is 19.9. The van der Waals surface area contributed by atoms with Crippen LogP contribution < -0.4 is 29.6 Å². The lowest BCUT2D eigenvalue weighted by molar-refractivity contribution is 0.0322. The normalized spacial score (nSPS) is 13.8. The predicted molar refractivity (Wildman–Crippen MR) is 157 cm³/mol. The monoisotopic (exact) mass is 564 g/mol. The summed E-state index contributed by atoms with van der Waals surface area (Å²) >= 11 is 0. The van der Waals surface area contributed by atoms with Gasteiger partial charge in [-0.1, -0.05) is 11.2 Å². The number of oxime groups is 1. The molecule has 0 bridgehead atoms. The minimum atomic E-state index is -0.424. The van der Waals surface area contributed by atoms with Crippen molar-refractivity contribution in [2.45, 2.75) is 6.92 Å². The van der Waals surface area contributed by atoms with E-state index in [1.165, 1.54) is 14.2 Å². The number of hydrogen-bond acceptors (Lipinski definition) is 9. The molecule has 2 amide bonds. The van der Waals surface area contributed by atoms with Gasteiger partial charge < -0.3 is 39.5 Å². The number of urea groups is 1. The third-order valence-electron chi connectivity index (χ3n) is 6.68. The van der Waals surface area contributed by atoms with E-state index in [9.17, 15) is 10.0 Å². The second kappa shape index (κ2) is 14.2. The van der Waals surface area contributed by atoms with Crippen LogP contribution in [-0.4, -0.2) is 82.6 Å². The molecule has 218 valence electrons. The van der Waals surface area contributed by atoms with Gasteiger partial charge in [0.2, 0.25) is 0 Å². The van der Waals surface area contributed by atoms with Gasteiger partial charge in [0.05, 0.1) is 40.3 Å². The van der Waals surface area contributed by atoms with Crippen molar-refractivity contribution in [3.63, 3.8) is 0 Å². The number of amides is 2. The van der Waals surface area contributed by atoms with Crippen LogP contribution in [0.4, 0.5) is 16.2 Å². The molecular weight excluding hydrogens is 528 g/mol. The molecule has 1 heterocycles. The van der Waals surface area contributed by atoms with E-state index in [0.29, 0.717) is 52.1 Å². The summed E-state index contributed by atoms with van der Waals surface area (Å²) < 4.78 is 27.9. The molecule has 3 N–H and O–H groups in total. The maximum Gasteiger partial charge on any atom is 0.323 e. The van der Waals surface area contributed by atoms with Gasteiger partial charge in [0.15, 0.2) is 11.5 Å². The molecule has 1 aliphatic rings. The molecule has 11 nitrogen and oxygen atoms in total. The molecule has 0 radical (unpaired) electrons. The predicted octanol–water partition coefficient (Wildman–Crippen LogP) is 4.93. The van der Waals surface area contributed by atoms with Gasteiger partial charge >= 0.3 is 6.03 Å². The molecule has 1 fully saturated rings. The van der Waals surface area contributed by atoms with E-state index in [1.807, 2.05) is 18.2 Å². The number of morpholine rings is 1. The molecule has 3 aromatic rings. The standard InChI is InChI=1S/C30H36N4O7/c1-20(33-36)25-10-5-21(17-27(25)37-2)26-18-23(19-28(38-3)29(26)39-4)32-30(35)31-22-6-8-24(9-7-22)41-16-13-34-11-14-40-15-12-34/h5-10,17-19,36H,11-16H2,1-4H3,(H2,31,32,35)/b33-20+. The average molecular weight is 565 g/mol. The topological polar surface area (TPSA) is 123 Å². The highest BCUT2D eigenvalue weighted by Crippen LogP contribution is 2.42. The third kappa shape index (κ3) is 7.59. The van der Waals surface area contributed by atoms with Gasteiger partial charge in [-0.2, -0.15) is 0 Å². The highest BCUT2D eigenvalue weighted by molar-refractivity contribution is 6.02. The molecule has 1 saturated heterocycles. The Hall–Kier alpha value is -4.48. The fourth-order valence-electron chi connectivity index (χ4n) is 4.51. The number of ether oxygens (including phenoxy) is 5. The van der Waals surface area contributed by atoms with Crippen molar-refractivity contribution in [1.82, 2.24) is 4.90 Å². The number of hydrogen-bond donors (Lipinski definition) is 3. The second-order valence-corrected chi connectivity index (χ2v) is 9.27. The molecule has 41 heavy (non-hydrogen) atoms. The summed E-state index contributed by atoms with van der Waals surface area (Å²) in [5.41, 5.74) is 3.59. The third-order valence-corrected chi connectivity index (χ3v) is 6.68. The Morgan fingerprint density at radius 1 is 0.927 bits per heavy atom. The number of nitrogens with zero attached hydrogens (tertiary/aromatic N) is 2. The molecule has 3 aromatic carbocycles.